The first kappa shape index (κ1) is 19.2. The zero-order valence-corrected chi connectivity index (χ0v) is 26.0. The van der Waals surface area contributed by atoms with Gasteiger partial charge in [-0.3, -0.25) is 0 Å². The van der Waals surface area contributed by atoms with Crippen LogP contribution in [0.5, 0.6) is 0 Å². The summed E-state index contributed by atoms with van der Waals surface area (Å²) in [6, 6.07) is 26.8. The van der Waals surface area contributed by atoms with Crippen LogP contribution in [0.15, 0.2) is 174 Å². The standard InChI is InChI=1S/C45H28N4O/c1-4-14-29(15-5-1)37-27-33(49-39-22-12-10-20-34(39)35-21-11-13-23-40(35)49)28-38-36-25-24-32(26-41(36)50-42(37)38)45-47-43(30-16-6-2-7-17-30)46-44(48-45)31-18-8-3-9-19-31/h1-28H/i2D,6D,7D,10D,11D,16D,17D,20D,21D,22D,23D. The first-order valence-corrected chi connectivity index (χ1v) is 15.8. The summed E-state index contributed by atoms with van der Waals surface area (Å²) in [5, 5.41) is 1.65. The summed E-state index contributed by atoms with van der Waals surface area (Å²) in [5.74, 6) is 0.290. The van der Waals surface area contributed by atoms with Crippen molar-refractivity contribution in [3.63, 3.8) is 0 Å². The summed E-state index contributed by atoms with van der Waals surface area (Å²) in [6.07, 6.45) is 0. The second-order valence-electron chi connectivity index (χ2n) is 11.6. The molecular formula is C45H28N4O. The van der Waals surface area contributed by atoms with Crippen LogP contribution in [0.2, 0.25) is 0 Å². The number of hydrogen-bond acceptors (Lipinski definition) is 4. The molecule has 0 atom stereocenters. The molecule has 0 fully saturated rings. The lowest BCUT2D eigenvalue weighted by Gasteiger charge is -2.11. The molecule has 0 saturated heterocycles. The Morgan fingerprint density at radius 2 is 1.08 bits per heavy atom. The number of fused-ring (bicyclic) bond motifs is 6. The molecule has 234 valence electrons. The predicted molar refractivity (Wildman–Crippen MR) is 203 cm³/mol. The van der Waals surface area contributed by atoms with E-state index in [1.54, 1.807) is 28.8 Å². The second-order valence-corrected chi connectivity index (χ2v) is 11.6. The highest BCUT2D eigenvalue weighted by atomic mass is 16.3. The SMILES string of the molecule is [2H]c1cc([2H])c2c(c1[2H])c1c([2H])c([2H])cc([2H])c1n2-c1cc(-c2ccccc2)c2oc3cc(-c4nc(-c5ccccc5)nc(-c5c([2H])c([2H])c([2H])c([2H])c5[2H])n4)ccc3c2c1. The summed E-state index contributed by atoms with van der Waals surface area (Å²) >= 11 is 0. The third kappa shape index (κ3) is 4.60. The van der Waals surface area contributed by atoms with Gasteiger partial charge in [-0.25, -0.2) is 15.0 Å². The highest BCUT2D eigenvalue weighted by Crippen LogP contribution is 2.41. The summed E-state index contributed by atoms with van der Waals surface area (Å²) in [7, 11) is 0. The van der Waals surface area contributed by atoms with E-state index < -0.39 is 30.2 Å². The van der Waals surface area contributed by atoms with Gasteiger partial charge in [0, 0.05) is 49.5 Å². The highest BCUT2D eigenvalue weighted by molar-refractivity contribution is 6.13. The lowest BCUT2D eigenvalue weighted by Crippen LogP contribution is -2.00. The first-order chi connectivity index (χ1) is 29.3. The van der Waals surface area contributed by atoms with Crippen LogP contribution < -0.4 is 0 Å². The molecule has 10 rings (SSSR count). The monoisotopic (exact) mass is 651 g/mol. The van der Waals surface area contributed by atoms with Crippen molar-refractivity contribution >= 4 is 43.7 Å². The Hall–Kier alpha value is -6.85. The predicted octanol–water partition coefficient (Wildman–Crippen LogP) is 11.5. The van der Waals surface area contributed by atoms with Crippen molar-refractivity contribution in [1.29, 1.82) is 0 Å². The molecule has 0 amide bonds. The van der Waals surface area contributed by atoms with Crippen molar-refractivity contribution in [2.45, 2.75) is 0 Å². The van der Waals surface area contributed by atoms with E-state index in [-0.39, 0.29) is 81.1 Å². The maximum absolute atomic E-state index is 9.02. The molecule has 0 spiro atoms. The van der Waals surface area contributed by atoms with Gasteiger partial charge in [0.15, 0.2) is 17.5 Å². The van der Waals surface area contributed by atoms with Gasteiger partial charge in [-0.2, -0.15) is 0 Å². The van der Waals surface area contributed by atoms with Crippen LogP contribution in [-0.2, 0) is 0 Å². The molecule has 0 bridgehead atoms. The molecule has 0 saturated carbocycles. The van der Waals surface area contributed by atoms with Gasteiger partial charge in [-0.1, -0.05) is 133 Å². The van der Waals surface area contributed by atoms with Crippen LogP contribution in [0.1, 0.15) is 15.1 Å². The Balaban J connectivity index is 1.25. The maximum atomic E-state index is 9.02. The van der Waals surface area contributed by atoms with E-state index in [1.807, 2.05) is 66.7 Å². The number of nitrogens with zero attached hydrogens (tertiary/aromatic N) is 4. The van der Waals surface area contributed by atoms with Gasteiger partial charge in [0.1, 0.15) is 11.2 Å². The van der Waals surface area contributed by atoms with Crippen molar-refractivity contribution in [3.05, 3.63) is 170 Å². The van der Waals surface area contributed by atoms with E-state index in [0.717, 1.165) is 5.56 Å². The smallest absolute Gasteiger partial charge is 0.164 e. The van der Waals surface area contributed by atoms with E-state index in [0.29, 0.717) is 44.3 Å². The van der Waals surface area contributed by atoms with E-state index in [2.05, 4.69) is 9.97 Å². The molecule has 0 aliphatic carbocycles. The average molecular weight is 652 g/mol. The van der Waals surface area contributed by atoms with Gasteiger partial charge in [-0.05, 0) is 41.9 Å². The van der Waals surface area contributed by atoms with Crippen LogP contribution >= 0.6 is 0 Å². The van der Waals surface area contributed by atoms with Crippen LogP contribution in [0.25, 0.3) is 94.7 Å². The number of rotatable bonds is 5. The fourth-order valence-corrected chi connectivity index (χ4v) is 6.43. The van der Waals surface area contributed by atoms with E-state index in [9.17, 15) is 0 Å². The minimum atomic E-state index is -0.533. The van der Waals surface area contributed by atoms with Gasteiger partial charge in [-0.15, -0.1) is 0 Å². The average Bonchev–Trinajstić information content (AvgIpc) is 3.83. The van der Waals surface area contributed by atoms with Crippen LogP contribution in [-0.4, -0.2) is 19.5 Å². The number of aromatic nitrogens is 4. The van der Waals surface area contributed by atoms with Crippen molar-refractivity contribution < 1.29 is 19.5 Å². The number of para-hydroxylation sites is 2. The van der Waals surface area contributed by atoms with Crippen molar-refractivity contribution in [2.75, 3.05) is 0 Å². The van der Waals surface area contributed by atoms with Crippen molar-refractivity contribution in [1.82, 2.24) is 19.5 Å². The molecule has 3 aromatic heterocycles. The molecule has 5 heteroatoms. The summed E-state index contributed by atoms with van der Waals surface area (Å²) in [6.45, 7) is 0. The van der Waals surface area contributed by atoms with Crippen LogP contribution in [0.4, 0.5) is 0 Å². The zero-order valence-electron chi connectivity index (χ0n) is 37.0. The molecule has 10 aromatic rings. The van der Waals surface area contributed by atoms with E-state index in [1.165, 1.54) is 12.1 Å². The molecule has 50 heavy (non-hydrogen) atoms. The largest absolute Gasteiger partial charge is 0.455 e. The zero-order chi connectivity index (χ0) is 42.6. The summed E-state index contributed by atoms with van der Waals surface area (Å²) in [4.78, 5) is 14.1. The Bertz CT molecular complexity index is 3400. The van der Waals surface area contributed by atoms with Crippen LogP contribution in [0, 0.1) is 0 Å². The third-order valence-electron chi connectivity index (χ3n) is 8.68. The van der Waals surface area contributed by atoms with Gasteiger partial charge >= 0.3 is 0 Å². The molecule has 3 heterocycles. The molecular weight excluding hydrogens is 613 g/mol. The highest BCUT2D eigenvalue weighted by Gasteiger charge is 2.19. The normalized spacial score (nSPS) is 14.7. The first-order valence-electron chi connectivity index (χ1n) is 21.3. The molecule has 0 aliphatic heterocycles. The minimum absolute atomic E-state index is 0.0733. The Kier molecular flexibility index (Phi) is 4.38. The Labute approximate surface area is 303 Å². The quantitative estimate of drug-likeness (QED) is 0.186. The molecule has 0 radical (unpaired) electrons. The van der Waals surface area contributed by atoms with Crippen molar-refractivity contribution in [2.24, 2.45) is 0 Å². The fraction of sp³-hybridized carbons (Fsp3) is 0. The number of benzene rings is 7. The van der Waals surface area contributed by atoms with Gasteiger partial charge < -0.3 is 8.98 Å². The summed E-state index contributed by atoms with van der Waals surface area (Å²) < 4.78 is 103. The number of furan rings is 1. The second kappa shape index (κ2) is 11.4. The van der Waals surface area contributed by atoms with E-state index >= 15 is 0 Å². The third-order valence-corrected chi connectivity index (χ3v) is 8.68. The maximum Gasteiger partial charge on any atom is 0.164 e. The van der Waals surface area contributed by atoms with E-state index in [4.69, 9.17) is 24.5 Å². The summed E-state index contributed by atoms with van der Waals surface area (Å²) in [5.41, 5.74) is 4.33. The lowest BCUT2D eigenvalue weighted by molar-refractivity contribution is 0.670. The molecule has 5 nitrogen and oxygen atoms in total. The molecule has 0 unspecified atom stereocenters. The fourth-order valence-electron chi connectivity index (χ4n) is 6.43. The topological polar surface area (TPSA) is 56.7 Å². The van der Waals surface area contributed by atoms with Gasteiger partial charge in [0.25, 0.3) is 0 Å². The Morgan fingerprint density at radius 1 is 0.460 bits per heavy atom. The van der Waals surface area contributed by atoms with Gasteiger partial charge in [0.05, 0.1) is 26.1 Å². The Morgan fingerprint density at radius 3 is 1.76 bits per heavy atom. The van der Waals surface area contributed by atoms with Crippen molar-refractivity contribution in [3.8, 4) is 51.0 Å². The minimum Gasteiger partial charge on any atom is -0.455 e. The number of hydrogen-bond donors (Lipinski definition) is 0. The molecule has 7 aromatic carbocycles. The molecule has 0 N–H and O–H groups in total. The van der Waals surface area contributed by atoms with Crippen LogP contribution in [0.3, 0.4) is 0 Å². The molecule has 0 aliphatic rings. The van der Waals surface area contributed by atoms with Gasteiger partial charge in [0.2, 0.25) is 0 Å². The lowest BCUT2D eigenvalue weighted by atomic mass is 10.0.